The van der Waals surface area contributed by atoms with Crippen molar-refractivity contribution in [3.63, 3.8) is 0 Å². The van der Waals surface area contributed by atoms with Crippen molar-refractivity contribution in [2.24, 2.45) is 0 Å². The summed E-state index contributed by atoms with van der Waals surface area (Å²) in [5.41, 5.74) is 0.0677. The molecule has 0 aliphatic carbocycles. The van der Waals surface area contributed by atoms with E-state index < -0.39 is 17.8 Å². The zero-order chi connectivity index (χ0) is 14.1. The van der Waals surface area contributed by atoms with E-state index in [1.807, 2.05) is 0 Å². The second-order valence-corrected chi connectivity index (χ2v) is 4.30. The second kappa shape index (κ2) is 4.72. The van der Waals surface area contributed by atoms with Crippen LogP contribution in [0.25, 0.3) is 0 Å². The van der Waals surface area contributed by atoms with Gasteiger partial charge >= 0.3 is 0 Å². The summed E-state index contributed by atoms with van der Waals surface area (Å²) >= 11 is 0. The number of carbonyl (C=O) groups excluding carboxylic acids is 2. The largest absolute Gasteiger partial charge is 0.322 e. The average Bonchev–Trinajstić information content (AvgIpc) is 2.88. The quantitative estimate of drug-likeness (QED) is 0.853. The van der Waals surface area contributed by atoms with Crippen molar-refractivity contribution in [2.75, 3.05) is 10.6 Å². The molecule has 102 valence electrons. The summed E-state index contributed by atoms with van der Waals surface area (Å²) in [6, 6.07) is 5.03. The maximum Gasteiger partial charge on any atom is 0.248 e. The number of carbonyl (C=O) groups is 2. The highest BCUT2D eigenvalue weighted by molar-refractivity contribution is 6.00. The highest BCUT2D eigenvalue weighted by Crippen LogP contribution is 2.24. The van der Waals surface area contributed by atoms with E-state index in [2.05, 4.69) is 20.8 Å². The van der Waals surface area contributed by atoms with Crippen LogP contribution in [-0.4, -0.2) is 26.6 Å². The van der Waals surface area contributed by atoms with Crippen LogP contribution in [0, 0.1) is 5.82 Å². The lowest BCUT2D eigenvalue weighted by molar-refractivity contribution is -0.125. The molecule has 3 rings (SSSR count). The number of hydrogen-bond donors (Lipinski definition) is 2. The Morgan fingerprint density at radius 2 is 2.25 bits per heavy atom. The monoisotopic (exact) mass is 275 g/mol. The lowest BCUT2D eigenvalue weighted by atomic mass is 10.1. The van der Waals surface area contributed by atoms with E-state index in [-0.39, 0.29) is 24.0 Å². The summed E-state index contributed by atoms with van der Waals surface area (Å²) in [4.78, 5) is 23.7. The van der Waals surface area contributed by atoms with Gasteiger partial charge in [0, 0.05) is 0 Å². The first-order chi connectivity index (χ1) is 9.65. The normalized spacial score (nSPS) is 17.2. The first kappa shape index (κ1) is 12.3. The third-order valence-electron chi connectivity index (χ3n) is 2.97. The molecular weight excluding hydrogens is 265 g/mol. The van der Waals surface area contributed by atoms with Gasteiger partial charge in [0.2, 0.25) is 17.8 Å². The number of nitrogens with one attached hydrogen (secondary N) is 2. The fourth-order valence-corrected chi connectivity index (χ4v) is 2.01. The molecule has 8 heteroatoms. The van der Waals surface area contributed by atoms with Gasteiger partial charge in [0.15, 0.2) is 0 Å². The van der Waals surface area contributed by atoms with Crippen LogP contribution in [0.1, 0.15) is 12.5 Å². The summed E-state index contributed by atoms with van der Waals surface area (Å²) < 4.78 is 14.9. The van der Waals surface area contributed by atoms with Gasteiger partial charge in [-0.3, -0.25) is 19.5 Å². The number of amides is 2. The number of aromatic nitrogens is 3. The predicted molar refractivity (Wildman–Crippen MR) is 67.3 cm³/mol. The van der Waals surface area contributed by atoms with Gasteiger partial charge in [0.1, 0.15) is 18.2 Å². The Kier molecular flexibility index (Phi) is 2.90. The molecule has 0 unspecified atom stereocenters. The number of para-hydroxylation sites is 1. The fourth-order valence-electron chi connectivity index (χ4n) is 2.01. The van der Waals surface area contributed by atoms with Gasteiger partial charge in [0.05, 0.1) is 12.1 Å². The molecule has 1 aromatic carbocycles. The number of fused-ring (bicyclic) bond motifs is 1. The van der Waals surface area contributed by atoms with Crippen molar-refractivity contribution in [3.8, 4) is 0 Å². The summed E-state index contributed by atoms with van der Waals surface area (Å²) in [6.45, 7) is 0. The van der Waals surface area contributed by atoms with Crippen molar-refractivity contribution < 1.29 is 14.0 Å². The highest BCUT2D eigenvalue weighted by atomic mass is 19.1. The minimum atomic E-state index is -0.798. The zero-order valence-corrected chi connectivity index (χ0v) is 10.2. The molecule has 2 amide bonds. The molecule has 1 aliphatic heterocycles. The van der Waals surface area contributed by atoms with Gasteiger partial charge < -0.3 is 5.32 Å². The van der Waals surface area contributed by atoms with Crippen molar-refractivity contribution in [3.05, 3.63) is 36.4 Å². The minimum Gasteiger partial charge on any atom is -0.322 e. The molecule has 0 saturated carbocycles. The Hall–Kier alpha value is -2.77. The molecule has 1 atom stereocenters. The second-order valence-electron chi connectivity index (χ2n) is 4.30. The summed E-state index contributed by atoms with van der Waals surface area (Å²) in [5, 5.41) is 12.3. The molecule has 0 radical (unpaired) electrons. The van der Waals surface area contributed by atoms with Crippen LogP contribution < -0.4 is 10.6 Å². The van der Waals surface area contributed by atoms with Crippen LogP contribution in [0.15, 0.2) is 30.6 Å². The molecule has 2 N–H and O–H groups in total. The maximum absolute atomic E-state index is 13.5. The van der Waals surface area contributed by atoms with Gasteiger partial charge in [-0.15, -0.1) is 10.2 Å². The lowest BCUT2D eigenvalue weighted by Crippen LogP contribution is -2.35. The average molecular weight is 275 g/mol. The van der Waals surface area contributed by atoms with E-state index in [0.717, 1.165) is 0 Å². The molecule has 0 spiro atoms. The fraction of sp³-hybridized carbons (Fsp3) is 0.167. The van der Waals surface area contributed by atoms with Crippen molar-refractivity contribution in [1.29, 1.82) is 0 Å². The summed E-state index contributed by atoms with van der Waals surface area (Å²) in [5.74, 6) is -1.16. The molecule has 20 heavy (non-hydrogen) atoms. The maximum atomic E-state index is 13.5. The molecule has 2 heterocycles. The van der Waals surface area contributed by atoms with Crippen LogP contribution in [0.5, 0.6) is 0 Å². The Morgan fingerprint density at radius 1 is 1.45 bits per heavy atom. The van der Waals surface area contributed by atoms with Crippen molar-refractivity contribution >= 4 is 23.5 Å². The highest BCUT2D eigenvalue weighted by Gasteiger charge is 2.31. The molecular formula is C12H10FN5O2. The number of hydrogen-bond acceptors (Lipinski definition) is 4. The molecule has 7 nitrogen and oxygen atoms in total. The van der Waals surface area contributed by atoms with E-state index in [0.29, 0.717) is 0 Å². The van der Waals surface area contributed by atoms with E-state index >= 15 is 0 Å². The molecule has 0 fully saturated rings. The van der Waals surface area contributed by atoms with E-state index in [4.69, 9.17) is 0 Å². The Labute approximate surface area is 112 Å². The van der Waals surface area contributed by atoms with Gasteiger partial charge in [-0.25, -0.2) is 4.39 Å². The van der Waals surface area contributed by atoms with Crippen LogP contribution in [0.2, 0.25) is 0 Å². The van der Waals surface area contributed by atoms with Gasteiger partial charge in [-0.05, 0) is 12.1 Å². The van der Waals surface area contributed by atoms with Gasteiger partial charge in [-0.1, -0.05) is 12.1 Å². The predicted octanol–water partition coefficient (Wildman–Crippen LogP) is 0.939. The van der Waals surface area contributed by atoms with Crippen molar-refractivity contribution in [2.45, 2.75) is 12.5 Å². The minimum absolute atomic E-state index is 0.0503. The molecule has 1 aliphatic rings. The Morgan fingerprint density at radius 3 is 3.05 bits per heavy atom. The third-order valence-corrected chi connectivity index (χ3v) is 2.97. The van der Waals surface area contributed by atoms with E-state index in [1.54, 1.807) is 6.07 Å². The van der Waals surface area contributed by atoms with Crippen LogP contribution in [-0.2, 0) is 9.59 Å². The smallest absolute Gasteiger partial charge is 0.248 e. The molecule has 1 aromatic heterocycles. The number of rotatable bonds is 2. The number of halogens is 1. The topological polar surface area (TPSA) is 88.9 Å². The first-order valence-corrected chi connectivity index (χ1v) is 5.90. The van der Waals surface area contributed by atoms with E-state index in [9.17, 15) is 14.0 Å². The lowest BCUT2D eigenvalue weighted by Gasteiger charge is -2.23. The third kappa shape index (κ3) is 2.11. The van der Waals surface area contributed by atoms with Crippen molar-refractivity contribution in [1.82, 2.24) is 14.8 Å². The Balaban J connectivity index is 1.85. The van der Waals surface area contributed by atoms with E-state index in [1.165, 1.54) is 29.1 Å². The number of benzene rings is 1. The van der Waals surface area contributed by atoms with Crippen LogP contribution in [0.3, 0.4) is 0 Å². The zero-order valence-electron chi connectivity index (χ0n) is 10.2. The molecule has 0 bridgehead atoms. The molecule has 2 aromatic rings. The number of anilines is 2. The van der Waals surface area contributed by atoms with Crippen LogP contribution in [0.4, 0.5) is 16.0 Å². The Bertz CT molecular complexity index is 684. The van der Waals surface area contributed by atoms with Gasteiger partial charge in [-0.2, -0.15) is 0 Å². The molecule has 0 saturated heterocycles. The summed E-state index contributed by atoms with van der Waals surface area (Å²) in [6.07, 6.45) is 1.30. The standard InChI is InChI=1S/C12H10FN5O2/c13-7-3-1-2-4-8(7)15-11(20)9-5-10(19)16-12-17-14-6-18(9)12/h1-4,6,9H,5H2,(H,15,20)(H,16,17,19)/t9-/m0/s1. The number of nitrogens with zero attached hydrogens (tertiary/aromatic N) is 3. The van der Waals surface area contributed by atoms with Gasteiger partial charge in [0.25, 0.3) is 0 Å². The first-order valence-electron chi connectivity index (χ1n) is 5.90. The SMILES string of the molecule is O=C1C[C@@H](C(=O)Nc2ccccc2F)n2cnnc2N1. The van der Waals surface area contributed by atoms with Crippen LogP contribution >= 0.6 is 0 Å². The summed E-state index contributed by atoms with van der Waals surface area (Å²) in [7, 11) is 0.